The van der Waals surface area contributed by atoms with Crippen LogP contribution in [0.25, 0.3) is 0 Å². The van der Waals surface area contributed by atoms with Gasteiger partial charge in [-0.2, -0.15) is 0 Å². The van der Waals surface area contributed by atoms with Gasteiger partial charge in [0.2, 0.25) is 0 Å². The van der Waals surface area contributed by atoms with Gasteiger partial charge in [0.1, 0.15) is 6.17 Å². The second-order valence-electron chi connectivity index (χ2n) is 2.04. The highest BCUT2D eigenvalue weighted by Crippen LogP contribution is 2.10. The fourth-order valence-electron chi connectivity index (χ4n) is 0.923. The molecule has 0 radical (unpaired) electrons. The Balaban J connectivity index is 2.31. The van der Waals surface area contributed by atoms with Crippen molar-refractivity contribution in [3.05, 3.63) is 0 Å². The van der Waals surface area contributed by atoms with Gasteiger partial charge in [0.05, 0.1) is 12.7 Å². The lowest BCUT2D eigenvalue weighted by atomic mass is 10.3. The summed E-state index contributed by atoms with van der Waals surface area (Å²) in [7, 11) is 0. The largest absolute Gasteiger partial charge is 0.324 e. The molecule has 0 spiro atoms. The van der Waals surface area contributed by atoms with Crippen LogP contribution in [0.1, 0.15) is 6.42 Å². The van der Waals surface area contributed by atoms with Gasteiger partial charge < -0.3 is 4.90 Å². The Kier molecular flexibility index (Phi) is 0.664. The van der Waals surface area contributed by atoms with Crippen LogP contribution in [0, 0.1) is 0 Å². The molecule has 0 amide bonds. The van der Waals surface area contributed by atoms with Crippen molar-refractivity contribution in [3.8, 4) is 0 Å². The fraction of sp³-hybridized carbons (Fsp3) is 0.600. The summed E-state index contributed by atoms with van der Waals surface area (Å²) in [5.74, 6) is 0. The maximum atomic E-state index is 4.10. The van der Waals surface area contributed by atoms with E-state index in [0.29, 0.717) is 0 Å². The molecule has 3 rings (SSSR count). The molecule has 2 bridgehead atoms. The zero-order chi connectivity index (χ0) is 5.40. The zero-order valence-corrected chi connectivity index (χ0v) is 4.49. The maximum Gasteiger partial charge on any atom is 0.144 e. The number of hydrogen-bond acceptors (Lipinski definition) is 3. The lowest BCUT2D eigenvalue weighted by Gasteiger charge is -2.26. The number of aliphatic imine (C=N–C) groups is 2. The molecule has 3 aliphatic rings. The van der Waals surface area contributed by atoms with E-state index in [0.717, 1.165) is 13.0 Å². The lowest BCUT2D eigenvalue weighted by molar-refractivity contribution is 0.468. The summed E-state index contributed by atoms with van der Waals surface area (Å²) in [6.07, 6.45) is 5.04. The van der Waals surface area contributed by atoms with Crippen molar-refractivity contribution in [2.45, 2.75) is 12.6 Å². The molecule has 8 heavy (non-hydrogen) atoms. The highest BCUT2D eigenvalue weighted by molar-refractivity contribution is 5.78. The monoisotopic (exact) mass is 109 g/mol. The third-order valence-corrected chi connectivity index (χ3v) is 1.42. The Morgan fingerprint density at radius 1 is 1.38 bits per heavy atom. The van der Waals surface area contributed by atoms with Gasteiger partial charge in [0.15, 0.2) is 0 Å². The van der Waals surface area contributed by atoms with Crippen LogP contribution in [-0.2, 0) is 0 Å². The molecule has 0 unspecified atom stereocenters. The molecule has 0 saturated heterocycles. The summed E-state index contributed by atoms with van der Waals surface area (Å²) in [4.78, 5) is 10.2. The quantitative estimate of drug-likeness (QED) is 0.433. The first-order valence-corrected chi connectivity index (χ1v) is 2.77. The first-order valence-electron chi connectivity index (χ1n) is 2.77. The molecule has 0 aromatic rings. The summed E-state index contributed by atoms with van der Waals surface area (Å²) in [6.45, 7) is 1.09. The van der Waals surface area contributed by atoms with Crippen LogP contribution < -0.4 is 0 Å². The normalized spacial score (nSPS) is 25.2. The van der Waals surface area contributed by atoms with Crippen molar-refractivity contribution < 1.29 is 0 Å². The van der Waals surface area contributed by atoms with E-state index in [9.17, 15) is 0 Å². The third-order valence-electron chi connectivity index (χ3n) is 1.42. The van der Waals surface area contributed by atoms with Gasteiger partial charge >= 0.3 is 0 Å². The van der Waals surface area contributed by atoms with Crippen molar-refractivity contribution in [1.29, 1.82) is 0 Å². The Labute approximate surface area is 47.7 Å². The van der Waals surface area contributed by atoms with Gasteiger partial charge in [-0.05, 0) is 0 Å². The zero-order valence-electron chi connectivity index (χ0n) is 4.49. The molecule has 0 fully saturated rings. The van der Waals surface area contributed by atoms with Crippen LogP contribution in [0.15, 0.2) is 9.98 Å². The highest BCUT2D eigenvalue weighted by atomic mass is 15.3. The first-order chi connectivity index (χ1) is 3.95. The highest BCUT2D eigenvalue weighted by Gasteiger charge is 2.15. The standard InChI is InChI=1S/C5H7N3/c1-2-8-3-6-5(1)7-4-8/h3-5H,1-2H2. The molecule has 42 valence electrons. The molecule has 3 aliphatic heterocycles. The van der Waals surface area contributed by atoms with Crippen LogP contribution in [0.2, 0.25) is 0 Å². The third kappa shape index (κ3) is 0.441. The molecule has 0 atom stereocenters. The van der Waals surface area contributed by atoms with Crippen LogP contribution in [-0.4, -0.2) is 30.3 Å². The van der Waals surface area contributed by atoms with Crippen LogP contribution in [0.3, 0.4) is 0 Å². The van der Waals surface area contributed by atoms with E-state index in [-0.39, 0.29) is 6.17 Å². The Bertz CT molecular complexity index is 120. The Morgan fingerprint density at radius 2 is 2.12 bits per heavy atom. The minimum atomic E-state index is 0.250. The second kappa shape index (κ2) is 1.31. The maximum absolute atomic E-state index is 4.10. The van der Waals surface area contributed by atoms with Gasteiger partial charge in [-0.1, -0.05) is 0 Å². The predicted molar refractivity (Wildman–Crippen MR) is 32.1 cm³/mol. The van der Waals surface area contributed by atoms with Gasteiger partial charge in [-0.15, -0.1) is 0 Å². The van der Waals surface area contributed by atoms with Crippen molar-refractivity contribution in [2.75, 3.05) is 6.54 Å². The smallest absolute Gasteiger partial charge is 0.144 e. The van der Waals surface area contributed by atoms with Gasteiger partial charge in [-0.3, -0.25) is 0 Å². The van der Waals surface area contributed by atoms with Crippen molar-refractivity contribution >= 4 is 12.7 Å². The number of fused-ring (bicyclic) bond motifs is 1. The average Bonchev–Trinajstić information content (AvgIpc) is 1.92. The fourth-order valence-corrected chi connectivity index (χ4v) is 0.923. The van der Waals surface area contributed by atoms with E-state index in [2.05, 4.69) is 9.98 Å². The molecular weight excluding hydrogens is 102 g/mol. The Morgan fingerprint density at radius 3 is 2.25 bits per heavy atom. The number of rotatable bonds is 0. The predicted octanol–water partition coefficient (Wildman–Crippen LogP) is 0.0884. The lowest BCUT2D eigenvalue weighted by Crippen LogP contribution is -2.34. The summed E-state index contributed by atoms with van der Waals surface area (Å²) < 4.78 is 0. The molecular formula is C5H7N3. The topological polar surface area (TPSA) is 28.0 Å². The van der Waals surface area contributed by atoms with Gasteiger partial charge in [0.25, 0.3) is 0 Å². The molecule has 3 heterocycles. The molecule has 0 aliphatic carbocycles. The van der Waals surface area contributed by atoms with Crippen LogP contribution in [0.4, 0.5) is 0 Å². The van der Waals surface area contributed by atoms with Crippen LogP contribution >= 0.6 is 0 Å². The van der Waals surface area contributed by atoms with E-state index in [1.165, 1.54) is 0 Å². The van der Waals surface area contributed by atoms with E-state index in [1.54, 1.807) is 0 Å². The molecule has 0 aromatic heterocycles. The SMILES string of the molecule is C1=NC2CCN1C=N2. The summed E-state index contributed by atoms with van der Waals surface area (Å²) in [5, 5.41) is 0. The summed E-state index contributed by atoms with van der Waals surface area (Å²) in [5.41, 5.74) is 0. The Hall–Kier alpha value is -0.860. The first kappa shape index (κ1) is 4.06. The van der Waals surface area contributed by atoms with Crippen molar-refractivity contribution in [1.82, 2.24) is 4.90 Å². The molecule has 0 saturated carbocycles. The van der Waals surface area contributed by atoms with Crippen molar-refractivity contribution in [2.24, 2.45) is 9.98 Å². The van der Waals surface area contributed by atoms with Gasteiger partial charge in [0, 0.05) is 13.0 Å². The van der Waals surface area contributed by atoms with E-state index >= 15 is 0 Å². The molecule has 3 nitrogen and oxygen atoms in total. The number of nitrogens with zero attached hydrogens (tertiary/aromatic N) is 3. The second-order valence-corrected chi connectivity index (χ2v) is 2.04. The summed E-state index contributed by atoms with van der Waals surface area (Å²) in [6, 6.07) is 0. The van der Waals surface area contributed by atoms with E-state index < -0.39 is 0 Å². The van der Waals surface area contributed by atoms with E-state index in [4.69, 9.17) is 0 Å². The van der Waals surface area contributed by atoms with Crippen LogP contribution in [0.5, 0.6) is 0 Å². The van der Waals surface area contributed by atoms with Crippen molar-refractivity contribution in [3.63, 3.8) is 0 Å². The average molecular weight is 109 g/mol. The molecule has 0 N–H and O–H groups in total. The number of hydrogen-bond donors (Lipinski definition) is 0. The molecule has 0 aromatic carbocycles. The summed E-state index contributed by atoms with van der Waals surface area (Å²) >= 11 is 0. The minimum absolute atomic E-state index is 0.250. The minimum Gasteiger partial charge on any atom is -0.324 e. The molecule has 3 heteroatoms. The van der Waals surface area contributed by atoms with E-state index in [1.807, 2.05) is 17.6 Å². The van der Waals surface area contributed by atoms with Gasteiger partial charge in [-0.25, -0.2) is 9.98 Å².